The molecule has 0 spiro atoms. The average molecular weight is 318 g/mol. The highest BCUT2D eigenvalue weighted by Gasteiger charge is 2.10. The van der Waals surface area contributed by atoms with Gasteiger partial charge < -0.3 is 5.32 Å². The molecule has 2 aromatic rings. The lowest BCUT2D eigenvalue weighted by Crippen LogP contribution is -2.24. The second-order valence-corrected chi connectivity index (χ2v) is 6.06. The highest BCUT2D eigenvalue weighted by molar-refractivity contribution is 7.98. The molecule has 0 radical (unpaired) electrons. The van der Waals surface area contributed by atoms with Crippen molar-refractivity contribution < 1.29 is 4.79 Å². The number of rotatable bonds is 9. The van der Waals surface area contributed by atoms with Crippen LogP contribution in [0.5, 0.6) is 0 Å². The summed E-state index contributed by atoms with van der Waals surface area (Å²) in [5, 5.41) is 9.86. The lowest BCUT2D eigenvalue weighted by Gasteiger charge is -2.03. The molecule has 0 unspecified atom stereocenters. The topological polar surface area (TPSA) is 70.7 Å². The van der Waals surface area contributed by atoms with Crippen LogP contribution in [0.3, 0.4) is 0 Å². The lowest BCUT2D eigenvalue weighted by atomic mass is 10.2. The van der Waals surface area contributed by atoms with Crippen molar-refractivity contribution in [3.8, 4) is 11.3 Å². The Morgan fingerprint density at radius 2 is 2.18 bits per heavy atom. The third kappa shape index (κ3) is 5.18. The third-order valence-corrected chi connectivity index (χ3v) is 4.04. The second kappa shape index (κ2) is 9.25. The van der Waals surface area contributed by atoms with Gasteiger partial charge in [0.05, 0.1) is 5.69 Å². The van der Waals surface area contributed by atoms with Crippen LogP contribution in [0, 0.1) is 0 Å². The summed E-state index contributed by atoms with van der Waals surface area (Å²) in [6.45, 7) is 0.708. The Morgan fingerprint density at radius 3 is 2.95 bits per heavy atom. The molecule has 2 aromatic heterocycles. The van der Waals surface area contributed by atoms with E-state index in [1.807, 2.05) is 23.9 Å². The smallest absolute Gasteiger partial charge is 0.269 e. The van der Waals surface area contributed by atoms with E-state index in [9.17, 15) is 4.79 Å². The molecular weight excluding hydrogens is 296 g/mol. The van der Waals surface area contributed by atoms with Gasteiger partial charge in [0, 0.05) is 24.5 Å². The molecule has 2 rings (SSSR count). The van der Waals surface area contributed by atoms with Gasteiger partial charge in [-0.1, -0.05) is 12.8 Å². The van der Waals surface area contributed by atoms with E-state index in [0.717, 1.165) is 24.1 Å². The molecule has 2 heterocycles. The number of hydrogen-bond donors (Lipinski definition) is 2. The summed E-state index contributed by atoms with van der Waals surface area (Å²) in [6.07, 6.45) is 10.2. The van der Waals surface area contributed by atoms with Crippen LogP contribution in [-0.2, 0) is 0 Å². The van der Waals surface area contributed by atoms with Crippen LogP contribution in [-0.4, -0.2) is 39.6 Å². The van der Waals surface area contributed by atoms with Crippen LogP contribution in [0.4, 0.5) is 0 Å². The summed E-state index contributed by atoms with van der Waals surface area (Å²) in [6, 6.07) is 5.52. The molecule has 0 atom stereocenters. The van der Waals surface area contributed by atoms with Crippen molar-refractivity contribution in [2.45, 2.75) is 25.7 Å². The Morgan fingerprint density at radius 1 is 1.32 bits per heavy atom. The minimum absolute atomic E-state index is 0.105. The number of aromatic amines is 1. The number of carbonyl (C=O) groups is 1. The molecule has 1 amide bonds. The Kier molecular flexibility index (Phi) is 6.96. The number of nitrogens with one attached hydrogen (secondary N) is 2. The van der Waals surface area contributed by atoms with Gasteiger partial charge >= 0.3 is 0 Å². The van der Waals surface area contributed by atoms with Crippen LogP contribution in [0.2, 0.25) is 0 Å². The van der Waals surface area contributed by atoms with Gasteiger partial charge in [-0.05, 0) is 43.0 Å². The minimum atomic E-state index is -0.105. The van der Waals surface area contributed by atoms with Gasteiger partial charge in [0.25, 0.3) is 5.91 Å². The van der Waals surface area contributed by atoms with Crippen molar-refractivity contribution in [3.63, 3.8) is 0 Å². The maximum Gasteiger partial charge on any atom is 0.269 e. The second-order valence-electron chi connectivity index (χ2n) is 5.07. The van der Waals surface area contributed by atoms with Gasteiger partial charge in [-0.3, -0.25) is 14.9 Å². The van der Waals surface area contributed by atoms with Crippen molar-refractivity contribution in [1.29, 1.82) is 0 Å². The summed E-state index contributed by atoms with van der Waals surface area (Å²) in [4.78, 5) is 16.1. The number of carbonyl (C=O) groups excluding carboxylic acids is 1. The van der Waals surface area contributed by atoms with Crippen molar-refractivity contribution in [1.82, 2.24) is 20.5 Å². The molecule has 118 valence electrons. The molecule has 0 fully saturated rings. The summed E-state index contributed by atoms with van der Waals surface area (Å²) in [5.74, 6) is 1.12. The predicted molar refractivity (Wildman–Crippen MR) is 91.0 cm³/mol. The van der Waals surface area contributed by atoms with Gasteiger partial charge in [-0.15, -0.1) is 0 Å². The normalized spacial score (nSPS) is 10.6. The molecular formula is C16H22N4OS. The Labute approximate surface area is 135 Å². The molecule has 2 N–H and O–H groups in total. The van der Waals surface area contributed by atoms with Gasteiger partial charge in [0.2, 0.25) is 0 Å². The average Bonchev–Trinajstić information content (AvgIpc) is 3.05. The first kappa shape index (κ1) is 16.5. The zero-order chi connectivity index (χ0) is 15.6. The zero-order valence-corrected chi connectivity index (χ0v) is 13.7. The van der Waals surface area contributed by atoms with E-state index in [1.165, 1.54) is 18.6 Å². The zero-order valence-electron chi connectivity index (χ0n) is 12.8. The SMILES string of the molecule is CSCCCCCCNC(=O)c1cc(-c2cccnc2)n[nH]1. The van der Waals surface area contributed by atoms with Crippen molar-refractivity contribution in [2.75, 3.05) is 18.6 Å². The number of aromatic nitrogens is 3. The van der Waals surface area contributed by atoms with E-state index in [1.54, 1.807) is 18.5 Å². The fourth-order valence-corrected chi connectivity index (χ4v) is 2.62. The molecule has 0 aliphatic carbocycles. The molecule has 0 bridgehead atoms. The molecule has 5 nitrogen and oxygen atoms in total. The maximum absolute atomic E-state index is 12.0. The van der Waals surface area contributed by atoms with Crippen LogP contribution in [0.25, 0.3) is 11.3 Å². The molecule has 22 heavy (non-hydrogen) atoms. The Bertz CT molecular complexity index is 571. The minimum Gasteiger partial charge on any atom is -0.351 e. The van der Waals surface area contributed by atoms with E-state index in [4.69, 9.17) is 0 Å². The number of thioether (sulfide) groups is 1. The Balaban J connectivity index is 1.73. The Hall–Kier alpha value is -1.82. The summed E-state index contributed by atoms with van der Waals surface area (Å²) in [7, 11) is 0. The van der Waals surface area contributed by atoms with E-state index in [2.05, 4.69) is 26.8 Å². The van der Waals surface area contributed by atoms with Gasteiger partial charge in [0.15, 0.2) is 0 Å². The number of amides is 1. The highest BCUT2D eigenvalue weighted by Crippen LogP contribution is 2.15. The summed E-state index contributed by atoms with van der Waals surface area (Å²) < 4.78 is 0. The molecule has 0 aliphatic heterocycles. The largest absolute Gasteiger partial charge is 0.351 e. The molecule has 0 aliphatic rings. The first-order valence-electron chi connectivity index (χ1n) is 7.54. The van der Waals surface area contributed by atoms with Crippen LogP contribution >= 0.6 is 11.8 Å². The third-order valence-electron chi connectivity index (χ3n) is 3.34. The summed E-state index contributed by atoms with van der Waals surface area (Å²) >= 11 is 1.88. The van der Waals surface area contributed by atoms with E-state index in [0.29, 0.717) is 12.2 Å². The predicted octanol–water partition coefficient (Wildman–Crippen LogP) is 3.12. The number of hydrogen-bond acceptors (Lipinski definition) is 4. The van der Waals surface area contributed by atoms with Crippen LogP contribution < -0.4 is 5.32 Å². The number of pyridine rings is 1. The monoisotopic (exact) mass is 318 g/mol. The first-order valence-corrected chi connectivity index (χ1v) is 8.93. The van der Waals surface area contributed by atoms with Gasteiger partial charge in [-0.25, -0.2) is 0 Å². The van der Waals surface area contributed by atoms with Crippen molar-refractivity contribution in [2.24, 2.45) is 0 Å². The van der Waals surface area contributed by atoms with E-state index in [-0.39, 0.29) is 5.91 Å². The van der Waals surface area contributed by atoms with Gasteiger partial charge in [0.1, 0.15) is 5.69 Å². The summed E-state index contributed by atoms with van der Waals surface area (Å²) in [5.41, 5.74) is 2.11. The highest BCUT2D eigenvalue weighted by atomic mass is 32.2. The fraction of sp³-hybridized carbons (Fsp3) is 0.438. The maximum atomic E-state index is 12.0. The molecule has 0 saturated heterocycles. The van der Waals surface area contributed by atoms with Gasteiger partial charge in [-0.2, -0.15) is 16.9 Å². The van der Waals surface area contributed by atoms with E-state index < -0.39 is 0 Å². The fourth-order valence-electron chi connectivity index (χ4n) is 2.12. The standard InChI is InChI=1S/C16H22N4OS/c1-22-10-5-3-2-4-9-18-16(21)15-11-14(19-20-15)13-7-6-8-17-12-13/h6-8,11-12H,2-5,9-10H2,1H3,(H,18,21)(H,19,20). The number of unbranched alkanes of at least 4 members (excludes halogenated alkanes) is 3. The van der Waals surface area contributed by atoms with Crippen molar-refractivity contribution in [3.05, 3.63) is 36.3 Å². The van der Waals surface area contributed by atoms with Crippen LogP contribution in [0.1, 0.15) is 36.2 Å². The first-order chi connectivity index (χ1) is 10.8. The number of nitrogens with zero attached hydrogens (tertiary/aromatic N) is 2. The number of H-pyrrole nitrogens is 1. The molecule has 0 aromatic carbocycles. The van der Waals surface area contributed by atoms with Crippen LogP contribution in [0.15, 0.2) is 30.6 Å². The lowest BCUT2D eigenvalue weighted by molar-refractivity contribution is 0.0948. The molecule has 0 saturated carbocycles. The van der Waals surface area contributed by atoms with E-state index >= 15 is 0 Å². The molecule has 6 heteroatoms. The quantitative estimate of drug-likeness (QED) is 0.697. The van der Waals surface area contributed by atoms with Crippen molar-refractivity contribution >= 4 is 17.7 Å².